The maximum atomic E-state index is 12.2. The van der Waals surface area contributed by atoms with Crippen molar-refractivity contribution in [3.63, 3.8) is 0 Å². The summed E-state index contributed by atoms with van der Waals surface area (Å²) in [7, 11) is 1.66. The lowest BCUT2D eigenvalue weighted by molar-refractivity contribution is -0.118. The van der Waals surface area contributed by atoms with Crippen LogP contribution in [0, 0.1) is 0 Å². The Hall–Kier alpha value is -2.25. The van der Waals surface area contributed by atoms with Crippen LogP contribution in [0.5, 0.6) is 0 Å². The number of hydrogen-bond acceptors (Lipinski definition) is 5. The zero-order valence-corrected chi connectivity index (χ0v) is 12.4. The summed E-state index contributed by atoms with van der Waals surface area (Å²) in [6, 6.07) is 5.44. The summed E-state index contributed by atoms with van der Waals surface area (Å²) in [6.07, 6.45) is 6.12. The molecule has 0 spiro atoms. The number of nitrogens with zero attached hydrogens (tertiary/aromatic N) is 3. The second kappa shape index (κ2) is 6.67. The summed E-state index contributed by atoms with van der Waals surface area (Å²) in [5.41, 5.74) is 1.11. The van der Waals surface area contributed by atoms with Gasteiger partial charge in [0.1, 0.15) is 0 Å². The first-order chi connectivity index (χ1) is 10.7. The van der Waals surface area contributed by atoms with Gasteiger partial charge in [0.15, 0.2) is 5.82 Å². The van der Waals surface area contributed by atoms with Crippen LogP contribution < -0.4 is 10.6 Å². The molecule has 0 radical (unpaired) electrons. The smallest absolute Gasteiger partial charge is 0.242 e. The van der Waals surface area contributed by atoms with Gasteiger partial charge < -0.3 is 15.4 Å². The van der Waals surface area contributed by atoms with E-state index >= 15 is 0 Å². The number of aromatic nitrogens is 3. The lowest BCUT2D eigenvalue weighted by atomic mass is 10.2. The minimum atomic E-state index is -0.227. The summed E-state index contributed by atoms with van der Waals surface area (Å²) in [4.78, 5) is 16.1. The van der Waals surface area contributed by atoms with Crippen molar-refractivity contribution >= 4 is 11.7 Å². The van der Waals surface area contributed by atoms with E-state index in [1.54, 1.807) is 30.3 Å². The fraction of sp³-hybridized carbons (Fsp3) is 0.400. The molecule has 2 atom stereocenters. The average Bonchev–Trinajstić information content (AvgIpc) is 3.17. The van der Waals surface area contributed by atoms with E-state index < -0.39 is 0 Å². The van der Waals surface area contributed by atoms with Gasteiger partial charge in [0.05, 0.1) is 18.7 Å². The molecule has 0 bridgehead atoms. The number of hydrogen-bond donors (Lipinski definition) is 2. The first kappa shape index (κ1) is 14.7. The molecular formula is C15H19N5O2. The molecule has 0 aliphatic carbocycles. The zero-order valence-electron chi connectivity index (χ0n) is 12.4. The van der Waals surface area contributed by atoms with Crippen molar-refractivity contribution in [2.24, 2.45) is 0 Å². The van der Waals surface area contributed by atoms with Gasteiger partial charge in [0.2, 0.25) is 5.91 Å². The van der Waals surface area contributed by atoms with Crippen molar-refractivity contribution in [3.05, 3.63) is 42.4 Å². The van der Waals surface area contributed by atoms with Crippen molar-refractivity contribution in [1.82, 2.24) is 20.1 Å². The maximum Gasteiger partial charge on any atom is 0.242 e. The van der Waals surface area contributed by atoms with Gasteiger partial charge in [-0.2, -0.15) is 5.10 Å². The van der Waals surface area contributed by atoms with Crippen LogP contribution in [-0.2, 0) is 16.1 Å². The molecule has 1 aliphatic rings. The highest BCUT2D eigenvalue weighted by Crippen LogP contribution is 2.12. The highest BCUT2D eigenvalue weighted by Gasteiger charge is 2.29. The van der Waals surface area contributed by atoms with Gasteiger partial charge in [-0.1, -0.05) is 0 Å². The van der Waals surface area contributed by atoms with Crippen molar-refractivity contribution in [2.75, 3.05) is 19.0 Å². The molecule has 1 aliphatic heterocycles. The first-order valence-corrected chi connectivity index (χ1v) is 7.24. The Morgan fingerprint density at radius 3 is 3.00 bits per heavy atom. The monoisotopic (exact) mass is 301 g/mol. The Bertz CT molecular complexity index is 628. The van der Waals surface area contributed by atoms with Gasteiger partial charge in [-0.25, -0.2) is 0 Å². The largest absolute Gasteiger partial charge is 0.380 e. The standard InChI is InChI=1S/C15H19N5O2/c1-22-12-8-13(17-9-12)15(21)18-14-4-7-20(19-14)10-11-2-5-16-6-3-11/h2-7,12-13,17H,8-10H2,1H3,(H,18,19,21)/t12-,13-/m0/s1. The second-order valence-corrected chi connectivity index (χ2v) is 5.30. The number of methoxy groups -OCH3 is 1. The third-order valence-corrected chi connectivity index (χ3v) is 3.73. The lowest BCUT2D eigenvalue weighted by Crippen LogP contribution is -2.35. The van der Waals surface area contributed by atoms with Crippen LogP contribution in [0.25, 0.3) is 0 Å². The predicted octanol–water partition coefficient (Wildman–Crippen LogP) is 0.642. The second-order valence-electron chi connectivity index (χ2n) is 5.30. The molecule has 0 unspecified atom stereocenters. The van der Waals surface area contributed by atoms with E-state index in [0.29, 0.717) is 25.3 Å². The van der Waals surface area contributed by atoms with Crippen LogP contribution in [0.2, 0.25) is 0 Å². The highest BCUT2D eigenvalue weighted by atomic mass is 16.5. The number of carbonyl (C=O) groups is 1. The summed E-state index contributed by atoms with van der Waals surface area (Å²) in [6.45, 7) is 1.34. The van der Waals surface area contributed by atoms with E-state index in [2.05, 4.69) is 20.7 Å². The summed E-state index contributed by atoms with van der Waals surface area (Å²) < 4.78 is 7.03. The zero-order chi connectivity index (χ0) is 15.4. The molecule has 1 saturated heterocycles. The van der Waals surface area contributed by atoms with Gasteiger partial charge in [0, 0.05) is 38.3 Å². The molecule has 2 aromatic rings. The van der Waals surface area contributed by atoms with Gasteiger partial charge in [-0.3, -0.25) is 14.5 Å². The van der Waals surface area contributed by atoms with E-state index in [-0.39, 0.29) is 18.1 Å². The molecule has 3 heterocycles. The van der Waals surface area contributed by atoms with Crippen molar-refractivity contribution in [2.45, 2.75) is 25.1 Å². The Balaban J connectivity index is 1.56. The first-order valence-electron chi connectivity index (χ1n) is 7.24. The molecule has 7 heteroatoms. The topological polar surface area (TPSA) is 81.1 Å². The average molecular weight is 301 g/mol. The Morgan fingerprint density at radius 1 is 1.45 bits per heavy atom. The van der Waals surface area contributed by atoms with Gasteiger partial charge in [0.25, 0.3) is 0 Å². The molecule has 1 amide bonds. The molecule has 0 aromatic carbocycles. The summed E-state index contributed by atoms with van der Waals surface area (Å²) >= 11 is 0. The Morgan fingerprint density at radius 2 is 2.27 bits per heavy atom. The highest BCUT2D eigenvalue weighted by molar-refractivity contribution is 5.94. The molecule has 1 fully saturated rings. The minimum Gasteiger partial charge on any atom is -0.380 e. The van der Waals surface area contributed by atoms with E-state index in [9.17, 15) is 4.79 Å². The van der Waals surface area contributed by atoms with E-state index in [0.717, 1.165) is 5.56 Å². The summed E-state index contributed by atoms with van der Waals surface area (Å²) in [5.74, 6) is 0.482. The number of carbonyl (C=O) groups excluding carboxylic acids is 1. The molecule has 0 saturated carbocycles. The molecule has 7 nitrogen and oxygen atoms in total. The number of nitrogens with one attached hydrogen (secondary N) is 2. The number of pyridine rings is 1. The fourth-order valence-corrected chi connectivity index (χ4v) is 2.49. The van der Waals surface area contributed by atoms with Gasteiger partial charge in [-0.05, 0) is 24.1 Å². The number of rotatable bonds is 5. The quantitative estimate of drug-likeness (QED) is 0.847. The van der Waals surface area contributed by atoms with Crippen LogP contribution in [0.1, 0.15) is 12.0 Å². The molecule has 2 N–H and O–H groups in total. The van der Waals surface area contributed by atoms with Gasteiger partial charge >= 0.3 is 0 Å². The van der Waals surface area contributed by atoms with Crippen LogP contribution in [0.4, 0.5) is 5.82 Å². The molecular weight excluding hydrogens is 282 g/mol. The van der Waals surface area contributed by atoms with E-state index in [4.69, 9.17) is 4.74 Å². The SMILES string of the molecule is CO[C@@H]1CN[C@H](C(=O)Nc2ccn(Cc3ccncc3)n2)C1. The fourth-order valence-electron chi connectivity index (χ4n) is 2.49. The number of ether oxygens (including phenoxy) is 1. The lowest BCUT2D eigenvalue weighted by Gasteiger charge is -2.09. The molecule has 2 aromatic heterocycles. The van der Waals surface area contributed by atoms with Crippen LogP contribution in [-0.4, -0.2) is 46.5 Å². The van der Waals surface area contributed by atoms with Crippen LogP contribution in [0.15, 0.2) is 36.8 Å². The van der Waals surface area contributed by atoms with Crippen molar-refractivity contribution in [3.8, 4) is 0 Å². The van der Waals surface area contributed by atoms with E-state index in [1.807, 2.05) is 18.3 Å². The molecule has 22 heavy (non-hydrogen) atoms. The minimum absolute atomic E-state index is 0.0753. The predicted molar refractivity (Wildman–Crippen MR) is 81.4 cm³/mol. The third-order valence-electron chi connectivity index (χ3n) is 3.73. The van der Waals surface area contributed by atoms with Gasteiger partial charge in [-0.15, -0.1) is 0 Å². The van der Waals surface area contributed by atoms with Crippen molar-refractivity contribution in [1.29, 1.82) is 0 Å². The van der Waals surface area contributed by atoms with E-state index in [1.165, 1.54) is 0 Å². The third kappa shape index (κ3) is 3.49. The van der Waals surface area contributed by atoms with Crippen LogP contribution in [0.3, 0.4) is 0 Å². The maximum absolute atomic E-state index is 12.2. The Kier molecular flexibility index (Phi) is 4.45. The number of amides is 1. The van der Waals surface area contributed by atoms with Crippen LogP contribution >= 0.6 is 0 Å². The summed E-state index contributed by atoms with van der Waals surface area (Å²) in [5, 5.41) is 10.3. The van der Waals surface area contributed by atoms with Crippen molar-refractivity contribution < 1.29 is 9.53 Å². The normalized spacial score (nSPS) is 21.0. The molecule has 116 valence electrons. The molecule has 3 rings (SSSR count). The number of anilines is 1. The Labute approximate surface area is 128 Å².